The first-order valence-electron chi connectivity index (χ1n) is 9.04. The van der Waals surface area contributed by atoms with Gasteiger partial charge in [0.1, 0.15) is 0 Å². The van der Waals surface area contributed by atoms with Gasteiger partial charge in [0.2, 0.25) is 0 Å². The van der Waals surface area contributed by atoms with Crippen molar-refractivity contribution < 1.29 is 13.2 Å². The molecule has 6 nitrogen and oxygen atoms in total. The third kappa shape index (κ3) is 5.17. The number of anilines is 2. The van der Waals surface area contributed by atoms with E-state index in [1.54, 1.807) is 25.3 Å². The third-order valence-electron chi connectivity index (χ3n) is 4.90. The first-order valence-corrected chi connectivity index (χ1v) is 10.5. The predicted octanol–water partition coefficient (Wildman–Crippen LogP) is 3.12. The molecule has 1 aliphatic heterocycles. The number of piperazine rings is 1. The molecule has 0 amide bonds. The number of benzene rings is 2. The van der Waals surface area contributed by atoms with E-state index in [1.165, 1.54) is 0 Å². The fraction of sp³-hybridized carbons (Fsp3) is 0.400. The average Bonchev–Trinajstić information content (AvgIpc) is 2.64. The number of likely N-dealkylation sites (N-methyl/N-ethyl adjacent to an activating group) is 1. The highest BCUT2D eigenvalue weighted by Crippen LogP contribution is 2.27. The van der Waals surface area contributed by atoms with Gasteiger partial charge in [0, 0.05) is 44.5 Å². The van der Waals surface area contributed by atoms with E-state index in [1.807, 2.05) is 31.2 Å². The number of hydrogen-bond donors (Lipinski definition) is 1. The maximum atomic E-state index is 13.0. The standard InChI is InChI=1S/C20H27N3O3S.ClH/c1-16-8-9-18(14-20(16)23-12-10-22(2)11-13-23)27(24,25)21-19-7-5-4-6-17(19)15-26-3;/h4-9,14,21H,10-13,15H2,1-3H3;1H. The monoisotopic (exact) mass is 425 g/mol. The van der Waals surface area contributed by atoms with Crippen LogP contribution in [0.15, 0.2) is 47.4 Å². The Kier molecular flexibility index (Phi) is 7.71. The summed E-state index contributed by atoms with van der Waals surface area (Å²) in [4.78, 5) is 4.81. The van der Waals surface area contributed by atoms with E-state index in [2.05, 4.69) is 21.6 Å². The lowest BCUT2D eigenvalue weighted by Gasteiger charge is -2.35. The highest BCUT2D eigenvalue weighted by molar-refractivity contribution is 7.92. The van der Waals surface area contributed by atoms with Crippen LogP contribution in [-0.4, -0.2) is 53.7 Å². The van der Waals surface area contributed by atoms with Crippen LogP contribution >= 0.6 is 12.4 Å². The molecule has 0 spiro atoms. The van der Waals surface area contributed by atoms with E-state index in [-0.39, 0.29) is 17.3 Å². The SMILES string of the molecule is COCc1ccccc1NS(=O)(=O)c1ccc(C)c(N2CCN(C)CC2)c1.Cl. The Labute approximate surface area is 173 Å². The number of para-hydroxylation sites is 1. The Bertz CT molecular complexity index is 897. The number of nitrogens with zero attached hydrogens (tertiary/aromatic N) is 2. The highest BCUT2D eigenvalue weighted by Gasteiger charge is 2.21. The van der Waals surface area contributed by atoms with Crippen LogP contribution in [0.25, 0.3) is 0 Å². The molecule has 154 valence electrons. The van der Waals surface area contributed by atoms with Gasteiger partial charge in [-0.2, -0.15) is 0 Å². The van der Waals surface area contributed by atoms with Crippen molar-refractivity contribution in [1.29, 1.82) is 0 Å². The smallest absolute Gasteiger partial charge is 0.261 e. The number of aryl methyl sites for hydroxylation is 1. The molecule has 1 fully saturated rings. The van der Waals surface area contributed by atoms with Gasteiger partial charge in [-0.3, -0.25) is 4.72 Å². The molecular formula is C20H28ClN3O3S. The molecule has 1 N–H and O–H groups in total. The molecule has 1 heterocycles. The molecule has 8 heteroatoms. The Morgan fingerprint density at radius 2 is 1.75 bits per heavy atom. The summed E-state index contributed by atoms with van der Waals surface area (Å²) >= 11 is 0. The van der Waals surface area contributed by atoms with Gasteiger partial charge < -0.3 is 14.5 Å². The lowest BCUT2D eigenvalue weighted by atomic mass is 10.1. The van der Waals surface area contributed by atoms with E-state index >= 15 is 0 Å². The molecule has 0 unspecified atom stereocenters. The maximum Gasteiger partial charge on any atom is 0.261 e. The van der Waals surface area contributed by atoms with Gasteiger partial charge in [0.25, 0.3) is 10.0 Å². The number of ether oxygens (including phenoxy) is 1. The summed E-state index contributed by atoms with van der Waals surface area (Å²) in [6.07, 6.45) is 0. The minimum atomic E-state index is -3.69. The molecule has 1 aliphatic rings. The Balaban J connectivity index is 0.00000280. The lowest BCUT2D eigenvalue weighted by Crippen LogP contribution is -2.44. The number of methoxy groups -OCH3 is 1. The zero-order chi connectivity index (χ0) is 19.4. The van der Waals surface area contributed by atoms with Gasteiger partial charge in [-0.15, -0.1) is 12.4 Å². The fourth-order valence-corrected chi connectivity index (χ4v) is 4.37. The second kappa shape index (κ2) is 9.60. The summed E-state index contributed by atoms with van der Waals surface area (Å²) < 4.78 is 33.8. The second-order valence-corrected chi connectivity index (χ2v) is 8.62. The zero-order valence-corrected chi connectivity index (χ0v) is 18.1. The number of rotatable bonds is 6. The van der Waals surface area contributed by atoms with Crippen LogP contribution < -0.4 is 9.62 Å². The van der Waals surface area contributed by atoms with Crippen molar-refractivity contribution >= 4 is 33.8 Å². The second-order valence-electron chi connectivity index (χ2n) is 6.93. The number of sulfonamides is 1. The minimum absolute atomic E-state index is 0. The zero-order valence-electron chi connectivity index (χ0n) is 16.5. The van der Waals surface area contributed by atoms with E-state index < -0.39 is 10.0 Å². The van der Waals surface area contributed by atoms with Crippen molar-refractivity contribution in [3.05, 3.63) is 53.6 Å². The maximum absolute atomic E-state index is 13.0. The van der Waals surface area contributed by atoms with Crippen LogP contribution in [0.1, 0.15) is 11.1 Å². The molecule has 2 aromatic carbocycles. The van der Waals surface area contributed by atoms with E-state index in [9.17, 15) is 8.42 Å². The third-order valence-corrected chi connectivity index (χ3v) is 6.26. The van der Waals surface area contributed by atoms with Gasteiger partial charge in [-0.05, 0) is 37.7 Å². The van der Waals surface area contributed by atoms with Crippen molar-refractivity contribution in [2.24, 2.45) is 0 Å². The molecule has 1 saturated heterocycles. The Morgan fingerprint density at radius 3 is 2.43 bits per heavy atom. The van der Waals surface area contributed by atoms with E-state index in [4.69, 9.17) is 4.74 Å². The summed E-state index contributed by atoms with van der Waals surface area (Å²) in [6.45, 7) is 6.10. The molecular weight excluding hydrogens is 398 g/mol. The Morgan fingerprint density at radius 1 is 1.07 bits per heavy atom. The van der Waals surface area contributed by atoms with Crippen LogP contribution in [0, 0.1) is 6.92 Å². The van der Waals surface area contributed by atoms with Gasteiger partial charge in [-0.25, -0.2) is 8.42 Å². The van der Waals surface area contributed by atoms with Crippen LogP contribution in [0.2, 0.25) is 0 Å². The summed E-state index contributed by atoms with van der Waals surface area (Å²) in [6, 6.07) is 12.6. The molecule has 28 heavy (non-hydrogen) atoms. The first-order chi connectivity index (χ1) is 12.9. The largest absolute Gasteiger partial charge is 0.380 e. The molecule has 0 aromatic heterocycles. The molecule has 0 saturated carbocycles. The predicted molar refractivity (Wildman–Crippen MR) is 116 cm³/mol. The van der Waals surface area contributed by atoms with Crippen LogP contribution in [-0.2, 0) is 21.4 Å². The molecule has 0 atom stereocenters. The lowest BCUT2D eigenvalue weighted by molar-refractivity contribution is 0.185. The Hall–Kier alpha value is -1.80. The number of hydrogen-bond acceptors (Lipinski definition) is 5. The molecule has 0 bridgehead atoms. The summed E-state index contributed by atoms with van der Waals surface area (Å²) in [7, 11) is 0.00900. The van der Waals surface area contributed by atoms with Crippen molar-refractivity contribution in [2.45, 2.75) is 18.4 Å². The number of nitrogens with one attached hydrogen (secondary N) is 1. The van der Waals surface area contributed by atoms with Gasteiger partial charge in [0.15, 0.2) is 0 Å². The van der Waals surface area contributed by atoms with Crippen LogP contribution in [0.5, 0.6) is 0 Å². The van der Waals surface area contributed by atoms with Gasteiger partial charge in [-0.1, -0.05) is 24.3 Å². The molecule has 2 aromatic rings. The van der Waals surface area contributed by atoms with Crippen LogP contribution in [0.4, 0.5) is 11.4 Å². The minimum Gasteiger partial charge on any atom is -0.380 e. The van der Waals surface area contributed by atoms with Crippen molar-refractivity contribution in [3.8, 4) is 0 Å². The van der Waals surface area contributed by atoms with Crippen molar-refractivity contribution in [1.82, 2.24) is 4.90 Å². The van der Waals surface area contributed by atoms with Gasteiger partial charge >= 0.3 is 0 Å². The average molecular weight is 426 g/mol. The summed E-state index contributed by atoms with van der Waals surface area (Å²) in [5.41, 5.74) is 3.41. The summed E-state index contributed by atoms with van der Waals surface area (Å²) in [5.74, 6) is 0. The van der Waals surface area contributed by atoms with Crippen molar-refractivity contribution in [3.63, 3.8) is 0 Å². The quantitative estimate of drug-likeness (QED) is 0.770. The van der Waals surface area contributed by atoms with Crippen molar-refractivity contribution in [2.75, 3.05) is 50.0 Å². The molecule has 3 rings (SSSR count). The molecule has 0 radical (unpaired) electrons. The molecule has 0 aliphatic carbocycles. The fourth-order valence-electron chi connectivity index (χ4n) is 3.25. The van der Waals surface area contributed by atoms with E-state index in [0.29, 0.717) is 12.3 Å². The van der Waals surface area contributed by atoms with Crippen LogP contribution in [0.3, 0.4) is 0 Å². The van der Waals surface area contributed by atoms with E-state index in [0.717, 1.165) is 43.0 Å². The number of halogens is 1. The highest BCUT2D eigenvalue weighted by atomic mass is 35.5. The topological polar surface area (TPSA) is 61.9 Å². The summed E-state index contributed by atoms with van der Waals surface area (Å²) in [5, 5.41) is 0. The van der Waals surface area contributed by atoms with Gasteiger partial charge in [0.05, 0.1) is 17.2 Å². The first kappa shape index (κ1) is 22.5. The normalized spacial score (nSPS) is 15.2.